The monoisotopic (exact) mass is 342 g/mol. The van der Waals surface area contributed by atoms with Gasteiger partial charge >= 0.3 is 5.97 Å². The minimum absolute atomic E-state index is 0.0563. The van der Waals surface area contributed by atoms with Crippen LogP contribution in [0, 0.1) is 0 Å². The highest BCUT2D eigenvalue weighted by Gasteiger charge is 2.20. The van der Waals surface area contributed by atoms with Crippen molar-refractivity contribution in [3.8, 4) is 0 Å². The van der Waals surface area contributed by atoms with Crippen molar-refractivity contribution in [2.45, 2.75) is 44.7 Å². The molecule has 0 saturated carbocycles. The molecular formula is C15H22N2O5S. The number of esters is 1. The minimum Gasteiger partial charge on any atom is -0.449 e. The Labute approximate surface area is 136 Å². The number of carbonyl (C=O) groups is 2. The van der Waals surface area contributed by atoms with Gasteiger partial charge in [-0.05, 0) is 45.0 Å². The van der Waals surface area contributed by atoms with Crippen LogP contribution in [0.2, 0.25) is 0 Å². The number of hydrogen-bond acceptors (Lipinski definition) is 5. The van der Waals surface area contributed by atoms with Crippen molar-refractivity contribution in [2.24, 2.45) is 0 Å². The van der Waals surface area contributed by atoms with E-state index >= 15 is 0 Å². The van der Waals surface area contributed by atoms with Crippen LogP contribution in [0.3, 0.4) is 0 Å². The molecule has 0 heterocycles. The standard InChI is InChI=1S/C15H22N2O5S/c1-5-16-23(20,21)13-8-6-12(7-9-13)15(19)22-11(4)14(18)17-10(2)3/h6-11,16H,5H2,1-4H3,(H,17,18)/t11-/m0/s1. The summed E-state index contributed by atoms with van der Waals surface area (Å²) in [5, 5.41) is 2.64. The maximum atomic E-state index is 12.0. The molecule has 1 aromatic carbocycles. The first-order valence-electron chi connectivity index (χ1n) is 7.28. The van der Waals surface area contributed by atoms with Gasteiger partial charge in [0.05, 0.1) is 10.5 Å². The second-order valence-corrected chi connectivity index (χ2v) is 7.00. The summed E-state index contributed by atoms with van der Waals surface area (Å²) in [6.45, 7) is 7.02. The lowest BCUT2D eigenvalue weighted by atomic mass is 10.2. The number of benzene rings is 1. The van der Waals surface area contributed by atoms with Gasteiger partial charge in [0.15, 0.2) is 6.10 Å². The number of rotatable bonds is 7. The fourth-order valence-corrected chi connectivity index (χ4v) is 2.77. The quantitative estimate of drug-likeness (QED) is 0.721. The maximum Gasteiger partial charge on any atom is 0.338 e. The van der Waals surface area contributed by atoms with E-state index < -0.39 is 22.1 Å². The van der Waals surface area contributed by atoms with E-state index in [1.165, 1.54) is 31.2 Å². The van der Waals surface area contributed by atoms with E-state index in [1.54, 1.807) is 20.8 Å². The maximum absolute atomic E-state index is 12.0. The van der Waals surface area contributed by atoms with Gasteiger partial charge < -0.3 is 10.1 Å². The molecule has 7 nitrogen and oxygen atoms in total. The molecule has 0 spiro atoms. The van der Waals surface area contributed by atoms with Crippen LogP contribution in [-0.2, 0) is 19.6 Å². The van der Waals surface area contributed by atoms with E-state index in [0.717, 1.165) is 0 Å². The zero-order valence-corrected chi connectivity index (χ0v) is 14.4. The highest BCUT2D eigenvalue weighted by atomic mass is 32.2. The molecule has 0 radical (unpaired) electrons. The molecular weight excluding hydrogens is 320 g/mol. The zero-order valence-electron chi connectivity index (χ0n) is 13.6. The molecule has 2 N–H and O–H groups in total. The van der Waals surface area contributed by atoms with E-state index in [-0.39, 0.29) is 29.0 Å². The Morgan fingerprint density at radius 1 is 1.13 bits per heavy atom. The molecule has 0 fully saturated rings. The van der Waals surface area contributed by atoms with E-state index in [1.807, 2.05) is 0 Å². The predicted molar refractivity (Wildman–Crippen MR) is 85.5 cm³/mol. The summed E-state index contributed by atoms with van der Waals surface area (Å²) >= 11 is 0. The lowest BCUT2D eigenvalue weighted by molar-refractivity contribution is -0.129. The molecule has 23 heavy (non-hydrogen) atoms. The highest BCUT2D eigenvalue weighted by Crippen LogP contribution is 2.12. The number of nitrogens with one attached hydrogen (secondary N) is 2. The van der Waals surface area contributed by atoms with Gasteiger partial charge in [-0.3, -0.25) is 4.79 Å². The van der Waals surface area contributed by atoms with Gasteiger partial charge in [0.2, 0.25) is 10.0 Å². The number of hydrogen-bond donors (Lipinski definition) is 2. The third kappa shape index (κ3) is 5.65. The van der Waals surface area contributed by atoms with Crippen molar-refractivity contribution in [1.29, 1.82) is 0 Å². The Kier molecular flexibility index (Phi) is 6.71. The first kappa shape index (κ1) is 19.1. The SMILES string of the molecule is CCNS(=O)(=O)c1ccc(C(=O)O[C@@H](C)C(=O)NC(C)C)cc1. The third-order valence-electron chi connectivity index (χ3n) is 2.82. The normalized spacial score (nSPS) is 12.7. The van der Waals surface area contributed by atoms with E-state index in [2.05, 4.69) is 10.0 Å². The fourth-order valence-electron chi connectivity index (χ4n) is 1.73. The molecule has 0 saturated heterocycles. The molecule has 0 aliphatic carbocycles. The second-order valence-electron chi connectivity index (χ2n) is 5.24. The van der Waals surface area contributed by atoms with E-state index in [0.29, 0.717) is 0 Å². The molecule has 0 aliphatic heterocycles. The average Bonchev–Trinajstić information content (AvgIpc) is 2.46. The first-order valence-corrected chi connectivity index (χ1v) is 8.76. The molecule has 0 aliphatic rings. The number of amides is 1. The number of ether oxygens (including phenoxy) is 1. The Balaban J connectivity index is 2.77. The van der Waals surface area contributed by atoms with Crippen molar-refractivity contribution < 1.29 is 22.7 Å². The Morgan fingerprint density at radius 2 is 1.70 bits per heavy atom. The Bertz CT molecular complexity index is 653. The molecule has 0 aromatic heterocycles. The molecule has 0 unspecified atom stereocenters. The summed E-state index contributed by atoms with van der Waals surface area (Å²) < 4.78 is 31.0. The molecule has 8 heteroatoms. The average molecular weight is 342 g/mol. The van der Waals surface area contributed by atoms with Gasteiger partial charge in [0.25, 0.3) is 5.91 Å². The summed E-state index contributed by atoms with van der Waals surface area (Å²) in [4.78, 5) is 23.7. The Morgan fingerprint density at radius 3 is 2.17 bits per heavy atom. The topological polar surface area (TPSA) is 102 Å². The number of sulfonamides is 1. The van der Waals surface area contributed by atoms with Crippen LogP contribution in [0.5, 0.6) is 0 Å². The third-order valence-corrected chi connectivity index (χ3v) is 4.38. The van der Waals surface area contributed by atoms with Crippen molar-refractivity contribution in [3.05, 3.63) is 29.8 Å². The molecule has 128 valence electrons. The van der Waals surface area contributed by atoms with Gasteiger partial charge in [0.1, 0.15) is 0 Å². The molecule has 1 atom stereocenters. The minimum atomic E-state index is -3.57. The molecule has 1 rings (SSSR count). The summed E-state index contributed by atoms with van der Waals surface area (Å²) in [5.74, 6) is -1.08. The zero-order chi connectivity index (χ0) is 17.6. The lowest BCUT2D eigenvalue weighted by Crippen LogP contribution is -2.39. The van der Waals surface area contributed by atoms with Gasteiger partial charge in [-0.2, -0.15) is 0 Å². The Hall–Kier alpha value is -1.93. The van der Waals surface area contributed by atoms with Crippen LogP contribution >= 0.6 is 0 Å². The molecule has 0 bridgehead atoms. The first-order chi connectivity index (χ1) is 10.7. The predicted octanol–water partition coefficient (Wildman–Crippen LogP) is 1.05. The van der Waals surface area contributed by atoms with Gasteiger partial charge in [-0.15, -0.1) is 0 Å². The van der Waals surface area contributed by atoms with Crippen LogP contribution in [0.4, 0.5) is 0 Å². The highest BCUT2D eigenvalue weighted by molar-refractivity contribution is 7.89. The summed E-state index contributed by atoms with van der Waals surface area (Å²) in [5.41, 5.74) is 0.171. The van der Waals surface area contributed by atoms with Crippen molar-refractivity contribution in [1.82, 2.24) is 10.0 Å². The second kappa shape index (κ2) is 8.07. The van der Waals surface area contributed by atoms with Crippen molar-refractivity contribution >= 4 is 21.9 Å². The smallest absolute Gasteiger partial charge is 0.338 e. The molecule has 1 amide bonds. The summed E-state index contributed by atoms with van der Waals surface area (Å²) in [6.07, 6.45) is -0.935. The van der Waals surface area contributed by atoms with Crippen LogP contribution in [0.25, 0.3) is 0 Å². The number of carbonyl (C=O) groups excluding carboxylic acids is 2. The van der Waals surface area contributed by atoms with Gasteiger partial charge in [-0.1, -0.05) is 6.92 Å². The van der Waals surface area contributed by atoms with Crippen molar-refractivity contribution in [2.75, 3.05) is 6.54 Å². The van der Waals surface area contributed by atoms with Gasteiger partial charge in [0, 0.05) is 12.6 Å². The largest absolute Gasteiger partial charge is 0.449 e. The van der Waals surface area contributed by atoms with E-state index in [9.17, 15) is 18.0 Å². The summed E-state index contributed by atoms with van der Waals surface area (Å²) in [6, 6.07) is 5.26. The van der Waals surface area contributed by atoms with Crippen LogP contribution < -0.4 is 10.0 Å². The lowest BCUT2D eigenvalue weighted by Gasteiger charge is -2.15. The fraction of sp³-hybridized carbons (Fsp3) is 0.467. The van der Waals surface area contributed by atoms with Crippen LogP contribution in [0.1, 0.15) is 38.1 Å². The molecule has 1 aromatic rings. The van der Waals surface area contributed by atoms with Crippen LogP contribution in [0.15, 0.2) is 29.2 Å². The summed E-state index contributed by atoms with van der Waals surface area (Å²) in [7, 11) is -3.57. The van der Waals surface area contributed by atoms with E-state index in [4.69, 9.17) is 4.74 Å². The van der Waals surface area contributed by atoms with Crippen LogP contribution in [-0.4, -0.2) is 39.0 Å². The van der Waals surface area contributed by atoms with Crippen molar-refractivity contribution in [3.63, 3.8) is 0 Å². The van der Waals surface area contributed by atoms with Gasteiger partial charge in [-0.25, -0.2) is 17.9 Å².